The molecule has 1 unspecified atom stereocenters. The van der Waals surface area contributed by atoms with Gasteiger partial charge in [-0.2, -0.15) is 0 Å². The molecule has 1 saturated heterocycles. The molecule has 3 heterocycles. The number of carbonyl (C=O) groups excluding carboxylic acids is 3. The second-order valence-corrected chi connectivity index (χ2v) is 8.18. The molecule has 1 N–H and O–H groups in total. The van der Waals surface area contributed by atoms with Crippen LogP contribution in [0.15, 0.2) is 18.2 Å². The van der Waals surface area contributed by atoms with Crippen molar-refractivity contribution in [2.45, 2.75) is 38.7 Å². The number of carbonyl (C=O) groups is 3. The van der Waals surface area contributed by atoms with Crippen LogP contribution in [-0.4, -0.2) is 52.1 Å². The standard InChI is InChI=1S/C19H20N4O4S/c1-10(2)16-21-22-19(28-16)20-15(24)11-5-6-13-14(8-11)18(26)23(17(13)25)9-12-4-3-7-27-12/h5-6,8,10,12H,3-4,7,9H2,1-2H3,(H,20,22,24). The maximum Gasteiger partial charge on any atom is 0.261 e. The van der Waals surface area contributed by atoms with E-state index >= 15 is 0 Å². The molecule has 3 amide bonds. The Morgan fingerprint density at radius 3 is 2.75 bits per heavy atom. The Morgan fingerprint density at radius 1 is 1.29 bits per heavy atom. The molecule has 0 radical (unpaired) electrons. The van der Waals surface area contributed by atoms with Crippen LogP contribution in [0.25, 0.3) is 0 Å². The van der Waals surface area contributed by atoms with Gasteiger partial charge in [-0.15, -0.1) is 10.2 Å². The molecule has 9 heteroatoms. The quantitative estimate of drug-likeness (QED) is 0.775. The molecular formula is C19H20N4O4S. The van der Waals surface area contributed by atoms with Gasteiger partial charge in [0.15, 0.2) is 0 Å². The first-order valence-electron chi connectivity index (χ1n) is 9.20. The van der Waals surface area contributed by atoms with Gasteiger partial charge in [0.1, 0.15) is 5.01 Å². The number of aromatic nitrogens is 2. The van der Waals surface area contributed by atoms with E-state index < -0.39 is 5.91 Å². The average molecular weight is 400 g/mol. The summed E-state index contributed by atoms with van der Waals surface area (Å²) in [5.41, 5.74) is 0.855. The molecule has 0 bridgehead atoms. The molecule has 1 fully saturated rings. The van der Waals surface area contributed by atoms with E-state index in [0.717, 1.165) is 17.8 Å². The van der Waals surface area contributed by atoms with Crippen molar-refractivity contribution < 1.29 is 19.1 Å². The molecule has 2 aliphatic rings. The summed E-state index contributed by atoms with van der Waals surface area (Å²) in [7, 11) is 0. The molecule has 2 aliphatic heterocycles. The van der Waals surface area contributed by atoms with E-state index in [0.29, 0.717) is 22.9 Å². The fraction of sp³-hybridized carbons (Fsp3) is 0.421. The zero-order valence-corrected chi connectivity index (χ0v) is 16.4. The predicted molar refractivity (Wildman–Crippen MR) is 103 cm³/mol. The van der Waals surface area contributed by atoms with E-state index in [2.05, 4.69) is 15.5 Å². The van der Waals surface area contributed by atoms with Crippen molar-refractivity contribution in [1.29, 1.82) is 0 Å². The number of anilines is 1. The molecule has 0 saturated carbocycles. The minimum atomic E-state index is -0.396. The Hall–Kier alpha value is -2.65. The summed E-state index contributed by atoms with van der Waals surface area (Å²) in [6.45, 7) is 4.90. The summed E-state index contributed by atoms with van der Waals surface area (Å²) in [5, 5.41) is 11.9. The number of nitrogens with one attached hydrogen (secondary N) is 1. The number of fused-ring (bicyclic) bond motifs is 1. The van der Waals surface area contributed by atoms with Crippen molar-refractivity contribution in [3.63, 3.8) is 0 Å². The van der Waals surface area contributed by atoms with E-state index in [1.54, 1.807) is 6.07 Å². The van der Waals surface area contributed by atoms with Crippen molar-refractivity contribution >= 4 is 34.2 Å². The van der Waals surface area contributed by atoms with Crippen molar-refractivity contribution in [3.05, 3.63) is 39.9 Å². The normalized spacial score (nSPS) is 18.8. The van der Waals surface area contributed by atoms with Gasteiger partial charge in [-0.05, 0) is 31.0 Å². The van der Waals surface area contributed by atoms with Crippen LogP contribution in [0.1, 0.15) is 68.7 Å². The lowest BCUT2D eigenvalue weighted by Crippen LogP contribution is -2.36. The summed E-state index contributed by atoms with van der Waals surface area (Å²) in [6.07, 6.45) is 1.65. The Labute approximate surface area is 165 Å². The van der Waals surface area contributed by atoms with Crippen molar-refractivity contribution in [2.75, 3.05) is 18.5 Å². The maximum atomic E-state index is 12.7. The average Bonchev–Trinajstić information content (AvgIpc) is 3.40. The van der Waals surface area contributed by atoms with Crippen molar-refractivity contribution in [2.24, 2.45) is 0 Å². The van der Waals surface area contributed by atoms with Crippen LogP contribution in [0.2, 0.25) is 0 Å². The zero-order valence-electron chi connectivity index (χ0n) is 15.6. The highest BCUT2D eigenvalue weighted by atomic mass is 32.1. The number of hydrogen-bond acceptors (Lipinski definition) is 7. The molecule has 28 heavy (non-hydrogen) atoms. The highest BCUT2D eigenvalue weighted by molar-refractivity contribution is 7.15. The minimum Gasteiger partial charge on any atom is -0.376 e. The Bertz CT molecular complexity index is 949. The van der Waals surface area contributed by atoms with E-state index in [-0.39, 0.29) is 35.9 Å². The molecule has 0 spiro atoms. The van der Waals surface area contributed by atoms with Crippen LogP contribution in [0, 0.1) is 0 Å². The molecule has 1 aromatic carbocycles. The lowest BCUT2D eigenvalue weighted by atomic mass is 10.1. The number of imide groups is 1. The van der Waals surface area contributed by atoms with Gasteiger partial charge in [0, 0.05) is 18.1 Å². The third-order valence-electron chi connectivity index (χ3n) is 4.80. The van der Waals surface area contributed by atoms with Gasteiger partial charge < -0.3 is 4.74 Å². The second-order valence-electron chi connectivity index (χ2n) is 7.17. The predicted octanol–water partition coefficient (Wildman–Crippen LogP) is 2.69. The SMILES string of the molecule is CC(C)c1nnc(NC(=O)c2ccc3c(c2)C(=O)N(CC2CCCO2)C3=O)s1. The van der Waals surface area contributed by atoms with Crippen LogP contribution in [0.4, 0.5) is 5.13 Å². The first-order chi connectivity index (χ1) is 13.4. The molecule has 8 nitrogen and oxygen atoms in total. The number of ether oxygens (including phenoxy) is 1. The van der Waals surface area contributed by atoms with Gasteiger partial charge in [-0.3, -0.25) is 24.6 Å². The molecule has 0 aliphatic carbocycles. The molecule has 4 rings (SSSR count). The molecule has 1 aromatic heterocycles. The largest absolute Gasteiger partial charge is 0.376 e. The van der Waals surface area contributed by atoms with Crippen molar-refractivity contribution in [3.8, 4) is 0 Å². The highest BCUT2D eigenvalue weighted by Crippen LogP contribution is 2.27. The summed E-state index contributed by atoms with van der Waals surface area (Å²) in [5.74, 6) is -0.898. The fourth-order valence-electron chi connectivity index (χ4n) is 3.28. The first-order valence-corrected chi connectivity index (χ1v) is 10.0. The van der Waals surface area contributed by atoms with Crippen molar-refractivity contribution in [1.82, 2.24) is 15.1 Å². The van der Waals surface area contributed by atoms with Crippen LogP contribution in [0.5, 0.6) is 0 Å². The number of nitrogens with zero attached hydrogens (tertiary/aromatic N) is 3. The molecule has 1 atom stereocenters. The van der Waals surface area contributed by atoms with Crippen LogP contribution >= 0.6 is 11.3 Å². The summed E-state index contributed by atoms with van der Waals surface area (Å²) in [4.78, 5) is 39.0. The van der Waals surface area contributed by atoms with Crippen LogP contribution in [0.3, 0.4) is 0 Å². The van der Waals surface area contributed by atoms with E-state index in [1.807, 2.05) is 13.8 Å². The summed E-state index contributed by atoms with van der Waals surface area (Å²) >= 11 is 1.31. The summed E-state index contributed by atoms with van der Waals surface area (Å²) in [6, 6.07) is 4.53. The van der Waals surface area contributed by atoms with Crippen LogP contribution < -0.4 is 5.32 Å². The van der Waals surface area contributed by atoms with Gasteiger partial charge in [0.05, 0.1) is 23.8 Å². The lowest BCUT2D eigenvalue weighted by molar-refractivity contribution is 0.0475. The van der Waals surface area contributed by atoms with E-state index in [9.17, 15) is 14.4 Å². The number of amides is 3. The van der Waals surface area contributed by atoms with Gasteiger partial charge in [-0.25, -0.2) is 0 Å². The summed E-state index contributed by atoms with van der Waals surface area (Å²) < 4.78 is 5.54. The highest BCUT2D eigenvalue weighted by Gasteiger charge is 2.38. The second kappa shape index (κ2) is 7.40. The number of benzene rings is 1. The lowest BCUT2D eigenvalue weighted by Gasteiger charge is -2.17. The third kappa shape index (κ3) is 3.43. The monoisotopic (exact) mass is 400 g/mol. The third-order valence-corrected chi connectivity index (χ3v) is 5.94. The van der Waals surface area contributed by atoms with Gasteiger partial charge >= 0.3 is 0 Å². The van der Waals surface area contributed by atoms with E-state index in [4.69, 9.17) is 4.74 Å². The fourth-order valence-corrected chi connectivity index (χ4v) is 4.02. The number of rotatable bonds is 5. The molecule has 2 aromatic rings. The zero-order chi connectivity index (χ0) is 19.8. The van der Waals surface area contributed by atoms with Gasteiger partial charge in [0.2, 0.25) is 5.13 Å². The Kier molecular flexibility index (Phi) is 4.94. The molecular weight excluding hydrogens is 380 g/mol. The van der Waals surface area contributed by atoms with Crippen LogP contribution in [-0.2, 0) is 4.74 Å². The van der Waals surface area contributed by atoms with Gasteiger partial charge in [-0.1, -0.05) is 25.2 Å². The van der Waals surface area contributed by atoms with Gasteiger partial charge in [0.25, 0.3) is 17.7 Å². The minimum absolute atomic E-state index is 0.113. The topological polar surface area (TPSA) is 101 Å². The number of hydrogen-bond donors (Lipinski definition) is 1. The Morgan fingerprint density at radius 2 is 2.07 bits per heavy atom. The smallest absolute Gasteiger partial charge is 0.261 e. The first kappa shape index (κ1) is 18.7. The van der Waals surface area contributed by atoms with E-state index in [1.165, 1.54) is 28.4 Å². The maximum absolute atomic E-state index is 12.7. The Balaban J connectivity index is 1.51. The molecule has 146 valence electrons.